The molecule has 1 N–H and O–H groups in total. The van der Waals surface area contributed by atoms with Gasteiger partial charge in [0, 0.05) is 19.2 Å². The highest BCUT2D eigenvalue weighted by Crippen LogP contribution is 2.41. The third-order valence-electron chi connectivity index (χ3n) is 5.02. The van der Waals surface area contributed by atoms with Crippen molar-refractivity contribution in [1.82, 2.24) is 14.5 Å². The normalized spacial score (nSPS) is 10.8. The third-order valence-corrected chi connectivity index (χ3v) is 5.02. The number of fused-ring (bicyclic) bond motifs is 1. The SMILES string of the molecule is COc1cc(-c2cc3c(cn2)nc(NCc2ccccc2)n3C)cc(OC)c1OC. The second-order valence-corrected chi connectivity index (χ2v) is 6.81. The zero-order chi connectivity index (χ0) is 21.1. The van der Waals surface area contributed by atoms with Crippen LogP contribution in [0.25, 0.3) is 22.3 Å². The van der Waals surface area contributed by atoms with E-state index in [-0.39, 0.29) is 0 Å². The smallest absolute Gasteiger partial charge is 0.203 e. The molecule has 30 heavy (non-hydrogen) atoms. The van der Waals surface area contributed by atoms with Crippen molar-refractivity contribution in [2.24, 2.45) is 7.05 Å². The number of imidazole rings is 1. The Kier molecular flexibility index (Phi) is 5.43. The van der Waals surface area contributed by atoms with Gasteiger partial charge in [-0.15, -0.1) is 0 Å². The molecule has 0 bridgehead atoms. The number of hydrogen-bond donors (Lipinski definition) is 1. The molecule has 2 heterocycles. The lowest BCUT2D eigenvalue weighted by Crippen LogP contribution is -2.04. The fourth-order valence-corrected chi connectivity index (χ4v) is 3.42. The number of hydrogen-bond acceptors (Lipinski definition) is 6. The minimum Gasteiger partial charge on any atom is -0.493 e. The molecule has 7 heteroatoms. The first kappa shape index (κ1) is 19.6. The standard InChI is InChI=1S/C23H24N4O3/c1-27-19-12-17(16-10-20(28-2)22(30-4)21(11-16)29-3)24-14-18(19)26-23(27)25-13-15-8-6-5-7-9-15/h5-12,14H,13H2,1-4H3,(H,25,26). The number of rotatable bonds is 7. The van der Waals surface area contributed by atoms with E-state index in [2.05, 4.69) is 27.4 Å². The Hall–Kier alpha value is -3.74. The maximum Gasteiger partial charge on any atom is 0.203 e. The van der Waals surface area contributed by atoms with Crippen LogP contribution in [-0.4, -0.2) is 35.9 Å². The monoisotopic (exact) mass is 404 g/mol. The van der Waals surface area contributed by atoms with Gasteiger partial charge in [0.1, 0.15) is 5.52 Å². The van der Waals surface area contributed by atoms with Crippen LogP contribution in [0.5, 0.6) is 17.2 Å². The van der Waals surface area contributed by atoms with Gasteiger partial charge in [-0.3, -0.25) is 4.98 Å². The van der Waals surface area contributed by atoms with Gasteiger partial charge >= 0.3 is 0 Å². The Morgan fingerprint density at radius 1 is 0.933 bits per heavy atom. The molecule has 0 amide bonds. The fraction of sp³-hybridized carbons (Fsp3) is 0.217. The van der Waals surface area contributed by atoms with E-state index in [1.54, 1.807) is 27.5 Å². The number of aryl methyl sites for hydroxylation is 1. The molecule has 0 radical (unpaired) electrons. The fourth-order valence-electron chi connectivity index (χ4n) is 3.42. The predicted molar refractivity (Wildman–Crippen MR) is 117 cm³/mol. The molecular weight excluding hydrogens is 380 g/mol. The lowest BCUT2D eigenvalue weighted by molar-refractivity contribution is 0.324. The summed E-state index contributed by atoms with van der Waals surface area (Å²) in [5, 5.41) is 3.40. The summed E-state index contributed by atoms with van der Waals surface area (Å²) in [6, 6.07) is 16.0. The van der Waals surface area contributed by atoms with Crippen molar-refractivity contribution in [3.63, 3.8) is 0 Å². The quantitative estimate of drug-likeness (QED) is 0.496. The molecule has 2 aromatic heterocycles. The van der Waals surface area contributed by atoms with E-state index in [0.717, 1.165) is 28.2 Å². The molecule has 0 saturated carbocycles. The number of benzene rings is 2. The first-order chi connectivity index (χ1) is 14.6. The van der Waals surface area contributed by atoms with Crippen LogP contribution >= 0.6 is 0 Å². The van der Waals surface area contributed by atoms with E-state index in [1.165, 1.54) is 5.56 Å². The summed E-state index contributed by atoms with van der Waals surface area (Å²) in [6.45, 7) is 0.700. The molecule has 7 nitrogen and oxygen atoms in total. The van der Waals surface area contributed by atoms with Crippen LogP contribution in [0.1, 0.15) is 5.56 Å². The zero-order valence-electron chi connectivity index (χ0n) is 17.5. The van der Waals surface area contributed by atoms with Gasteiger partial charge in [-0.2, -0.15) is 0 Å². The summed E-state index contributed by atoms with van der Waals surface area (Å²) in [6.07, 6.45) is 1.78. The van der Waals surface area contributed by atoms with Crippen LogP contribution in [0.4, 0.5) is 5.95 Å². The van der Waals surface area contributed by atoms with Crippen LogP contribution in [0.15, 0.2) is 54.7 Å². The van der Waals surface area contributed by atoms with Gasteiger partial charge in [0.05, 0.1) is 38.7 Å². The molecule has 0 saturated heterocycles. The first-order valence-electron chi connectivity index (χ1n) is 9.55. The van der Waals surface area contributed by atoms with Crippen LogP contribution in [0, 0.1) is 0 Å². The molecule has 154 valence electrons. The maximum absolute atomic E-state index is 5.47. The molecule has 4 aromatic rings. The van der Waals surface area contributed by atoms with Crippen molar-refractivity contribution in [1.29, 1.82) is 0 Å². The highest BCUT2D eigenvalue weighted by molar-refractivity contribution is 5.82. The Morgan fingerprint density at radius 2 is 1.63 bits per heavy atom. The highest BCUT2D eigenvalue weighted by atomic mass is 16.5. The summed E-state index contributed by atoms with van der Waals surface area (Å²) in [7, 11) is 6.78. The van der Waals surface area contributed by atoms with Crippen LogP contribution in [0.3, 0.4) is 0 Å². The molecule has 0 unspecified atom stereocenters. The molecule has 0 fully saturated rings. The molecule has 0 aliphatic heterocycles. The lowest BCUT2D eigenvalue weighted by atomic mass is 10.1. The number of nitrogens with one attached hydrogen (secondary N) is 1. The summed E-state index contributed by atoms with van der Waals surface area (Å²) >= 11 is 0. The summed E-state index contributed by atoms with van der Waals surface area (Å²) in [4.78, 5) is 9.28. The Labute approximate surface area is 175 Å². The molecule has 0 spiro atoms. The predicted octanol–water partition coefficient (Wildman–Crippen LogP) is 4.27. The van der Waals surface area contributed by atoms with Crippen molar-refractivity contribution in [3.8, 4) is 28.5 Å². The third kappa shape index (κ3) is 3.61. The van der Waals surface area contributed by atoms with Crippen LogP contribution < -0.4 is 19.5 Å². The number of aromatic nitrogens is 3. The Morgan fingerprint density at radius 3 is 2.27 bits per heavy atom. The van der Waals surface area contributed by atoms with Crippen molar-refractivity contribution in [3.05, 3.63) is 60.3 Å². The van der Waals surface area contributed by atoms with E-state index >= 15 is 0 Å². The van der Waals surface area contributed by atoms with Gasteiger partial charge in [0.25, 0.3) is 0 Å². The number of ether oxygens (including phenoxy) is 3. The maximum atomic E-state index is 5.47. The zero-order valence-corrected chi connectivity index (χ0v) is 17.5. The highest BCUT2D eigenvalue weighted by Gasteiger charge is 2.16. The van der Waals surface area contributed by atoms with Crippen molar-refractivity contribution in [2.45, 2.75) is 6.54 Å². The molecule has 0 aliphatic carbocycles. The number of anilines is 1. The van der Waals surface area contributed by atoms with E-state index in [1.807, 2.05) is 48.0 Å². The number of methoxy groups -OCH3 is 3. The van der Waals surface area contributed by atoms with Crippen molar-refractivity contribution in [2.75, 3.05) is 26.6 Å². The molecular formula is C23H24N4O3. The Balaban J connectivity index is 1.69. The van der Waals surface area contributed by atoms with Crippen molar-refractivity contribution >= 4 is 17.0 Å². The largest absolute Gasteiger partial charge is 0.493 e. The topological polar surface area (TPSA) is 70.4 Å². The molecule has 0 atom stereocenters. The van der Waals surface area contributed by atoms with Crippen molar-refractivity contribution < 1.29 is 14.2 Å². The van der Waals surface area contributed by atoms with Gasteiger partial charge in [-0.05, 0) is 23.8 Å². The van der Waals surface area contributed by atoms with Gasteiger partial charge in [0.15, 0.2) is 11.5 Å². The minimum atomic E-state index is 0.553. The minimum absolute atomic E-state index is 0.553. The van der Waals surface area contributed by atoms with E-state index < -0.39 is 0 Å². The van der Waals surface area contributed by atoms with Gasteiger partial charge in [-0.1, -0.05) is 30.3 Å². The van der Waals surface area contributed by atoms with E-state index in [4.69, 9.17) is 14.2 Å². The number of pyridine rings is 1. The van der Waals surface area contributed by atoms with Gasteiger partial charge in [0.2, 0.25) is 11.7 Å². The average Bonchev–Trinajstić information content (AvgIpc) is 3.12. The van der Waals surface area contributed by atoms with E-state index in [9.17, 15) is 0 Å². The Bertz CT molecular complexity index is 1150. The molecule has 4 rings (SSSR count). The number of nitrogens with zero attached hydrogens (tertiary/aromatic N) is 3. The van der Waals surface area contributed by atoms with Crippen LogP contribution in [-0.2, 0) is 13.6 Å². The van der Waals surface area contributed by atoms with E-state index in [0.29, 0.717) is 23.8 Å². The van der Waals surface area contributed by atoms with Gasteiger partial charge in [-0.25, -0.2) is 4.98 Å². The lowest BCUT2D eigenvalue weighted by Gasteiger charge is -2.14. The van der Waals surface area contributed by atoms with Gasteiger partial charge < -0.3 is 24.1 Å². The summed E-state index contributed by atoms with van der Waals surface area (Å²) < 4.78 is 18.4. The second kappa shape index (κ2) is 8.32. The second-order valence-electron chi connectivity index (χ2n) is 6.81. The van der Waals surface area contributed by atoms with Crippen LogP contribution in [0.2, 0.25) is 0 Å². The summed E-state index contributed by atoms with van der Waals surface area (Å²) in [5.41, 5.74) is 4.65. The first-order valence-corrected chi connectivity index (χ1v) is 9.55. The molecule has 2 aromatic carbocycles. The molecule has 0 aliphatic rings. The summed E-state index contributed by atoms with van der Waals surface area (Å²) in [5.74, 6) is 2.52. The average molecular weight is 404 g/mol.